The number of nitrogens with zero attached hydrogens (tertiary/aromatic N) is 1. The van der Waals surface area contributed by atoms with Crippen LogP contribution in [0.25, 0.3) is 0 Å². The summed E-state index contributed by atoms with van der Waals surface area (Å²) in [6.45, 7) is 3.56. The van der Waals surface area contributed by atoms with E-state index in [2.05, 4.69) is 10.3 Å². The Kier molecular flexibility index (Phi) is 3.15. The molecule has 0 aromatic carbocycles. The number of hydrogen-bond acceptors (Lipinski definition) is 3. The van der Waals surface area contributed by atoms with Gasteiger partial charge in [0, 0.05) is 11.8 Å². The number of aromatic nitrogens is 1. The molecule has 0 saturated carbocycles. The van der Waals surface area contributed by atoms with E-state index in [1.165, 1.54) is 0 Å². The number of furan rings is 1. The molecule has 0 saturated heterocycles. The molecule has 1 N–H and O–H groups in total. The smallest absolute Gasteiger partial charge is 0.259 e. The Labute approximate surface area is 104 Å². The summed E-state index contributed by atoms with van der Waals surface area (Å²) in [6, 6.07) is 3.40. The van der Waals surface area contributed by atoms with Gasteiger partial charge >= 0.3 is 0 Å². The summed E-state index contributed by atoms with van der Waals surface area (Å²) in [4.78, 5) is 15.9. The number of halogens is 1. The van der Waals surface area contributed by atoms with E-state index in [9.17, 15) is 4.79 Å². The van der Waals surface area contributed by atoms with Crippen molar-refractivity contribution in [2.45, 2.75) is 13.8 Å². The Morgan fingerprint density at radius 3 is 2.82 bits per heavy atom. The molecule has 2 rings (SSSR count). The molecule has 0 bridgehead atoms. The average Bonchev–Trinajstić information content (AvgIpc) is 2.62. The van der Waals surface area contributed by atoms with Gasteiger partial charge in [-0.05, 0) is 26.0 Å². The molecular formula is C12H11ClN2O2. The van der Waals surface area contributed by atoms with Gasteiger partial charge in [0.15, 0.2) is 5.15 Å². The minimum absolute atomic E-state index is 0.247. The van der Waals surface area contributed by atoms with Crippen LogP contribution in [-0.2, 0) is 0 Å². The number of amides is 1. The largest absolute Gasteiger partial charge is 0.469 e. The Bertz CT molecular complexity index is 544. The van der Waals surface area contributed by atoms with Crippen molar-refractivity contribution in [2.75, 3.05) is 5.32 Å². The lowest BCUT2D eigenvalue weighted by Crippen LogP contribution is -2.13. The van der Waals surface area contributed by atoms with E-state index < -0.39 is 0 Å². The van der Waals surface area contributed by atoms with Crippen molar-refractivity contribution < 1.29 is 9.21 Å². The highest BCUT2D eigenvalue weighted by Gasteiger charge is 2.16. The highest BCUT2D eigenvalue weighted by molar-refractivity contribution is 6.32. The molecular weight excluding hydrogens is 240 g/mol. The Morgan fingerprint density at radius 1 is 1.47 bits per heavy atom. The lowest BCUT2D eigenvalue weighted by molar-refractivity contribution is 0.102. The predicted octanol–water partition coefficient (Wildman–Crippen LogP) is 3.20. The molecule has 2 aromatic rings. The summed E-state index contributed by atoms with van der Waals surface area (Å²) in [5.41, 5.74) is 1.81. The van der Waals surface area contributed by atoms with Gasteiger partial charge in [0.05, 0.1) is 17.5 Å². The second kappa shape index (κ2) is 4.59. The number of carbonyl (C=O) groups is 1. The molecule has 0 aliphatic heterocycles. The summed E-state index contributed by atoms with van der Waals surface area (Å²) in [5, 5.41) is 2.96. The SMILES string of the molecule is Cc1coc(C)c1C(=O)Nc1cccnc1Cl. The standard InChI is InChI=1S/C12H11ClN2O2/c1-7-6-17-8(2)10(7)12(16)15-9-4-3-5-14-11(9)13/h3-6H,1-2H3,(H,15,16). The van der Waals surface area contributed by atoms with E-state index in [4.69, 9.17) is 16.0 Å². The molecule has 0 spiro atoms. The highest BCUT2D eigenvalue weighted by Crippen LogP contribution is 2.21. The van der Waals surface area contributed by atoms with Gasteiger partial charge in [0.25, 0.3) is 5.91 Å². The summed E-state index contributed by atoms with van der Waals surface area (Å²) >= 11 is 5.86. The fourth-order valence-corrected chi connectivity index (χ4v) is 1.74. The first-order valence-corrected chi connectivity index (χ1v) is 5.44. The number of anilines is 1. The van der Waals surface area contributed by atoms with Crippen LogP contribution in [0.2, 0.25) is 5.15 Å². The van der Waals surface area contributed by atoms with Gasteiger partial charge in [-0.3, -0.25) is 4.79 Å². The van der Waals surface area contributed by atoms with E-state index in [1.807, 2.05) is 6.92 Å². The van der Waals surface area contributed by atoms with Crippen molar-refractivity contribution in [3.8, 4) is 0 Å². The molecule has 1 amide bonds. The van der Waals surface area contributed by atoms with Crippen LogP contribution in [0.5, 0.6) is 0 Å². The van der Waals surface area contributed by atoms with Gasteiger partial charge in [-0.25, -0.2) is 4.98 Å². The molecule has 17 heavy (non-hydrogen) atoms. The monoisotopic (exact) mass is 250 g/mol. The molecule has 0 unspecified atom stereocenters. The summed E-state index contributed by atoms with van der Waals surface area (Å²) in [5.74, 6) is 0.337. The minimum atomic E-state index is -0.247. The molecule has 2 aromatic heterocycles. The van der Waals surface area contributed by atoms with Gasteiger partial charge in [-0.15, -0.1) is 0 Å². The van der Waals surface area contributed by atoms with Crippen molar-refractivity contribution >= 4 is 23.2 Å². The molecule has 0 aliphatic carbocycles. The molecule has 5 heteroatoms. The topological polar surface area (TPSA) is 55.1 Å². The van der Waals surface area contributed by atoms with Crippen LogP contribution in [0, 0.1) is 13.8 Å². The Hall–Kier alpha value is -1.81. The first-order chi connectivity index (χ1) is 8.09. The fourth-order valence-electron chi connectivity index (χ4n) is 1.58. The third-order valence-electron chi connectivity index (χ3n) is 2.39. The van der Waals surface area contributed by atoms with Crippen LogP contribution in [0.1, 0.15) is 21.7 Å². The number of hydrogen-bond donors (Lipinski definition) is 1. The number of aryl methyl sites for hydroxylation is 2. The van der Waals surface area contributed by atoms with E-state index >= 15 is 0 Å². The third-order valence-corrected chi connectivity index (χ3v) is 2.69. The number of carbonyl (C=O) groups excluding carboxylic acids is 1. The lowest BCUT2D eigenvalue weighted by Gasteiger charge is -2.06. The van der Waals surface area contributed by atoms with Gasteiger partial charge in [-0.2, -0.15) is 0 Å². The van der Waals surface area contributed by atoms with Crippen LogP contribution in [0.3, 0.4) is 0 Å². The van der Waals surface area contributed by atoms with Crippen molar-refractivity contribution in [1.29, 1.82) is 0 Å². The molecule has 2 heterocycles. The minimum Gasteiger partial charge on any atom is -0.469 e. The second-order valence-corrected chi connectivity index (χ2v) is 4.00. The number of nitrogens with one attached hydrogen (secondary N) is 1. The van der Waals surface area contributed by atoms with Crippen LogP contribution in [0.15, 0.2) is 29.0 Å². The average molecular weight is 251 g/mol. The summed E-state index contributed by atoms with van der Waals surface area (Å²) in [6.07, 6.45) is 3.11. The highest BCUT2D eigenvalue weighted by atomic mass is 35.5. The molecule has 4 nitrogen and oxygen atoms in total. The molecule has 0 atom stereocenters. The van der Waals surface area contributed by atoms with Crippen molar-refractivity contribution in [3.05, 3.63) is 46.6 Å². The first kappa shape index (κ1) is 11.7. The normalized spacial score (nSPS) is 10.3. The zero-order chi connectivity index (χ0) is 12.4. The van der Waals surface area contributed by atoms with Crippen molar-refractivity contribution in [3.63, 3.8) is 0 Å². The second-order valence-electron chi connectivity index (χ2n) is 3.65. The first-order valence-electron chi connectivity index (χ1n) is 5.06. The van der Waals surface area contributed by atoms with Crippen LogP contribution >= 0.6 is 11.6 Å². The van der Waals surface area contributed by atoms with Gasteiger partial charge < -0.3 is 9.73 Å². The molecule has 0 aliphatic rings. The van der Waals surface area contributed by atoms with Crippen molar-refractivity contribution in [1.82, 2.24) is 4.98 Å². The van der Waals surface area contributed by atoms with Gasteiger partial charge in [0.2, 0.25) is 0 Å². The van der Waals surface area contributed by atoms with E-state index in [1.54, 1.807) is 31.5 Å². The van der Waals surface area contributed by atoms with Crippen LogP contribution in [-0.4, -0.2) is 10.9 Å². The Balaban J connectivity index is 2.27. The predicted molar refractivity (Wildman–Crippen MR) is 65.4 cm³/mol. The van der Waals surface area contributed by atoms with E-state index in [-0.39, 0.29) is 11.1 Å². The zero-order valence-electron chi connectivity index (χ0n) is 9.45. The quantitative estimate of drug-likeness (QED) is 0.833. The van der Waals surface area contributed by atoms with E-state index in [0.29, 0.717) is 17.0 Å². The fraction of sp³-hybridized carbons (Fsp3) is 0.167. The van der Waals surface area contributed by atoms with E-state index in [0.717, 1.165) is 5.56 Å². The van der Waals surface area contributed by atoms with Crippen molar-refractivity contribution in [2.24, 2.45) is 0 Å². The summed E-state index contributed by atoms with van der Waals surface area (Å²) < 4.78 is 5.17. The molecule has 88 valence electrons. The van der Waals surface area contributed by atoms with Gasteiger partial charge in [0.1, 0.15) is 5.76 Å². The number of pyridine rings is 1. The maximum absolute atomic E-state index is 12.0. The third kappa shape index (κ3) is 2.31. The maximum Gasteiger partial charge on any atom is 0.259 e. The Morgan fingerprint density at radius 2 is 2.24 bits per heavy atom. The summed E-state index contributed by atoms with van der Waals surface area (Å²) in [7, 11) is 0. The zero-order valence-corrected chi connectivity index (χ0v) is 10.2. The number of rotatable bonds is 2. The molecule has 0 fully saturated rings. The van der Waals surface area contributed by atoms with Crippen LogP contribution in [0.4, 0.5) is 5.69 Å². The maximum atomic E-state index is 12.0. The lowest BCUT2D eigenvalue weighted by atomic mass is 10.1. The van der Waals surface area contributed by atoms with Gasteiger partial charge in [-0.1, -0.05) is 11.6 Å². The molecule has 0 radical (unpaired) electrons. The van der Waals surface area contributed by atoms with Crippen LogP contribution < -0.4 is 5.32 Å².